The maximum absolute atomic E-state index is 12.1. The van der Waals surface area contributed by atoms with Crippen LogP contribution in [0, 0.1) is 11.8 Å². The fourth-order valence-electron chi connectivity index (χ4n) is 2.65. The molecule has 0 spiro atoms. The van der Waals surface area contributed by atoms with Gasteiger partial charge in [0, 0.05) is 6.54 Å². The molecule has 1 fully saturated rings. The summed E-state index contributed by atoms with van der Waals surface area (Å²) in [6.07, 6.45) is 3.67. The molecule has 1 heterocycles. The van der Waals surface area contributed by atoms with Crippen LogP contribution in [-0.4, -0.2) is 48.0 Å². The zero-order valence-corrected chi connectivity index (χ0v) is 12.6. The van der Waals surface area contributed by atoms with Crippen molar-refractivity contribution in [2.45, 2.75) is 39.5 Å². The second kappa shape index (κ2) is 8.79. The highest BCUT2D eigenvalue weighted by atomic mass is 16.4. The van der Waals surface area contributed by atoms with Gasteiger partial charge in [-0.05, 0) is 44.8 Å². The van der Waals surface area contributed by atoms with Crippen molar-refractivity contribution in [3.8, 4) is 0 Å². The van der Waals surface area contributed by atoms with E-state index in [-0.39, 0.29) is 11.7 Å². The van der Waals surface area contributed by atoms with Crippen molar-refractivity contribution in [2.24, 2.45) is 22.7 Å². The van der Waals surface area contributed by atoms with Gasteiger partial charge in [-0.1, -0.05) is 25.4 Å². The Hall–Kier alpha value is -1.30. The minimum absolute atomic E-state index is 0.00477. The molecule has 0 aromatic heterocycles. The first kappa shape index (κ1) is 16.8. The highest BCUT2D eigenvalue weighted by molar-refractivity contribution is 6.02. The third kappa shape index (κ3) is 5.00. The summed E-state index contributed by atoms with van der Waals surface area (Å²) in [4.78, 5) is 14.5. The SMILES string of the molecule is CCCC(C(=O)NCC1CCN(CC)CC1)C(N)=NO. The summed E-state index contributed by atoms with van der Waals surface area (Å²) in [5, 5.41) is 14.7. The van der Waals surface area contributed by atoms with Crippen LogP contribution < -0.4 is 11.1 Å². The quantitative estimate of drug-likeness (QED) is 0.281. The van der Waals surface area contributed by atoms with E-state index in [1.54, 1.807) is 0 Å². The summed E-state index contributed by atoms with van der Waals surface area (Å²) in [5.41, 5.74) is 5.58. The third-order valence-electron chi connectivity index (χ3n) is 4.09. The molecule has 1 aliphatic heterocycles. The number of carbonyl (C=O) groups excluding carboxylic acids is 1. The highest BCUT2D eigenvalue weighted by Gasteiger charge is 2.24. The summed E-state index contributed by atoms with van der Waals surface area (Å²) in [6.45, 7) is 8.15. The number of hydrogen-bond acceptors (Lipinski definition) is 4. The second-order valence-electron chi connectivity index (χ2n) is 5.49. The van der Waals surface area contributed by atoms with Gasteiger partial charge >= 0.3 is 0 Å². The van der Waals surface area contributed by atoms with E-state index in [4.69, 9.17) is 10.9 Å². The summed E-state index contributed by atoms with van der Waals surface area (Å²) >= 11 is 0. The average molecular weight is 284 g/mol. The van der Waals surface area contributed by atoms with Gasteiger partial charge in [0.25, 0.3) is 0 Å². The van der Waals surface area contributed by atoms with Gasteiger partial charge in [-0.25, -0.2) is 0 Å². The monoisotopic (exact) mass is 284 g/mol. The Labute approximate surface area is 121 Å². The number of nitrogens with one attached hydrogen (secondary N) is 1. The lowest BCUT2D eigenvalue weighted by Crippen LogP contribution is -2.43. The van der Waals surface area contributed by atoms with Crippen LogP contribution in [0.3, 0.4) is 0 Å². The zero-order chi connectivity index (χ0) is 15.0. The molecule has 1 atom stereocenters. The Morgan fingerprint density at radius 2 is 2.10 bits per heavy atom. The molecule has 6 heteroatoms. The second-order valence-corrected chi connectivity index (χ2v) is 5.49. The van der Waals surface area contributed by atoms with Crippen LogP contribution in [0.15, 0.2) is 5.16 Å². The molecule has 0 aliphatic carbocycles. The Kier molecular flexibility index (Phi) is 7.36. The first-order valence-electron chi connectivity index (χ1n) is 7.59. The van der Waals surface area contributed by atoms with Crippen LogP contribution >= 0.6 is 0 Å². The van der Waals surface area contributed by atoms with E-state index in [2.05, 4.69) is 22.3 Å². The largest absolute Gasteiger partial charge is 0.409 e. The van der Waals surface area contributed by atoms with Gasteiger partial charge in [0.2, 0.25) is 5.91 Å². The van der Waals surface area contributed by atoms with E-state index >= 15 is 0 Å². The molecular weight excluding hydrogens is 256 g/mol. The fourth-order valence-corrected chi connectivity index (χ4v) is 2.65. The van der Waals surface area contributed by atoms with Gasteiger partial charge in [-0.3, -0.25) is 4.79 Å². The molecule has 20 heavy (non-hydrogen) atoms. The van der Waals surface area contributed by atoms with Gasteiger partial charge in [0.1, 0.15) is 0 Å². The first-order valence-corrected chi connectivity index (χ1v) is 7.59. The van der Waals surface area contributed by atoms with Crippen molar-refractivity contribution in [1.29, 1.82) is 0 Å². The van der Waals surface area contributed by atoms with Crippen LogP contribution in [0.4, 0.5) is 0 Å². The van der Waals surface area contributed by atoms with Gasteiger partial charge in [-0.2, -0.15) is 0 Å². The number of likely N-dealkylation sites (tertiary alicyclic amines) is 1. The van der Waals surface area contributed by atoms with E-state index in [0.29, 0.717) is 18.9 Å². The lowest BCUT2D eigenvalue weighted by molar-refractivity contribution is -0.123. The minimum atomic E-state index is -0.513. The molecule has 1 aliphatic rings. The smallest absolute Gasteiger partial charge is 0.230 e. The molecule has 116 valence electrons. The molecule has 1 rings (SSSR count). The summed E-state index contributed by atoms with van der Waals surface area (Å²) in [5.74, 6) is -0.0951. The number of nitrogens with two attached hydrogens (primary N) is 1. The number of amides is 1. The molecule has 4 N–H and O–H groups in total. The maximum Gasteiger partial charge on any atom is 0.230 e. The molecule has 0 bridgehead atoms. The number of oxime groups is 1. The van der Waals surface area contributed by atoms with Crippen LogP contribution in [0.25, 0.3) is 0 Å². The van der Waals surface area contributed by atoms with Gasteiger partial charge in [-0.15, -0.1) is 0 Å². The average Bonchev–Trinajstić information content (AvgIpc) is 2.50. The predicted octanol–water partition coefficient (Wildman–Crippen LogP) is 0.997. The normalized spacial score (nSPS) is 19.8. The molecule has 0 aromatic carbocycles. The minimum Gasteiger partial charge on any atom is -0.409 e. The van der Waals surface area contributed by atoms with Crippen molar-refractivity contribution in [3.63, 3.8) is 0 Å². The highest BCUT2D eigenvalue weighted by Crippen LogP contribution is 2.16. The van der Waals surface area contributed by atoms with Crippen LogP contribution in [0.1, 0.15) is 39.5 Å². The van der Waals surface area contributed by atoms with E-state index in [0.717, 1.165) is 38.9 Å². The molecule has 1 saturated heterocycles. The fraction of sp³-hybridized carbons (Fsp3) is 0.857. The topological polar surface area (TPSA) is 91.0 Å². The molecule has 0 radical (unpaired) electrons. The van der Waals surface area contributed by atoms with E-state index in [1.165, 1.54) is 0 Å². The van der Waals surface area contributed by atoms with Crippen molar-refractivity contribution in [2.75, 3.05) is 26.2 Å². The lowest BCUT2D eigenvalue weighted by Gasteiger charge is -2.31. The van der Waals surface area contributed by atoms with Crippen molar-refractivity contribution < 1.29 is 10.0 Å². The Balaban J connectivity index is 2.38. The molecule has 0 saturated carbocycles. The molecular formula is C14H28N4O2. The predicted molar refractivity (Wildman–Crippen MR) is 79.7 cm³/mol. The standard InChI is InChI=1S/C14H28N4O2/c1-3-5-12(13(15)17-20)14(19)16-10-11-6-8-18(4-2)9-7-11/h11-12,20H,3-10H2,1-2H3,(H2,15,17)(H,16,19). The van der Waals surface area contributed by atoms with E-state index in [1.807, 2.05) is 6.92 Å². The van der Waals surface area contributed by atoms with Crippen LogP contribution in [0.2, 0.25) is 0 Å². The number of hydrogen-bond donors (Lipinski definition) is 3. The van der Waals surface area contributed by atoms with Gasteiger partial charge in [0.05, 0.1) is 5.92 Å². The first-order chi connectivity index (χ1) is 9.62. The number of amidine groups is 1. The van der Waals surface area contributed by atoms with E-state index in [9.17, 15) is 4.79 Å². The van der Waals surface area contributed by atoms with Gasteiger partial charge in [0.15, 0.2) is 5.84 Å². The zero-order valence-electron chi connectivity index (χ0n) is 12.6. The summed E-state index contributed by atoms with van der Waals surface area (Å²) in [7, 11) is 0. The molecule has 1 amide bonds. The summed E-state index contributed by atoms with van der Waals surface area (Å²) in [6, 6.07) is 0. The number of piperidine rings is 1. The molecule has 1 unspecified atom stereocenters. The number of rotatable bonds is 7. The maximum atomic E-state index is 12.1. The number of carbonyl (C=O) groups is 1. The van der Waals surface area contributed by atoms with E-state index < -0.39 is 5.92 Å². The number of nitrogens with zero attached hydrogens (tertiary/aromatic N) is 2. The van der Waals surface area contributed by atoms with Crippen LogP contribution in [-0.2, 0) is 4.79 Å². The third-order valence-corrected chi connectivity index (χ3v) is 4.09. The molecule has 6 nitrogen and oxygen atoms in total. The Bertz CT molecular complexity index is 325. The lowest BCUT2D eigenvalue weighted by atomic mass is 9.96. The molecule has 0 aromatic rings. The van der Waals surface area contributed by atoms with Crippen LogP contribution in [0.5, 0.6) is 0 Å². The van der Waals surface area contributed by atoms with Crippen molar-refractivity contribution >= 4 is 11.7 Å². The van der Waals surface area contributed by atoms with Crippen molar-refractivity contribution in [3.05, 3.63) is 0 Å². The summed E-state index contributed by atoms with van der Waals surface area (Å²) < 4.78 is 0. The van der Waals surface area contributed by atoms with Gasteiger partial charge < -0.3 is 21.2 Å². The Morgan fingerprint density at radius 3 is 2.60 bits per heavy atom. The Morgan fingerprint density at radius 1 is 1.45 bits per heavy atom. The van der Waals surface area contributed by atoms with Crippen molar-refractivity contribution in [1.82, 2.24) is 10.2 Å².